The molecule has 0 aliphatic carbocycles. The maximum atomic E-state index is 13.6. The summed E-state index contributed by atoms with van der Waals surface area (Å²) in [5.41, 5.74) is 0. The Morgan fingerprint density at radius 2 is 0.984 bits per heavy atom. The number of ether oxygens (including phenoxy) is 3. The van der Waals surface area contributed by atoms with Crippen molar-refractivity contribution < 1.29 is 82.5 Å². The molecule has 0 heterocycles. The van der Waals surface area contributed by atoms with Crippen LogP contribution in [0, 0.1) is 0 Å². The SMILES string of the molecule is CCCCCCCCCCCCCC(=O)OCC(COC(=O)N(CC(=O)O)P(=O)(O)OC(NCC(=O)O)C(NCC(=O)O)NCC(O)O)OC(=O)CCCCCCCCCCCCC. The zero-order valence-corrected chi connectivity index (χ0v) is 39.0. The molecule has 0 bridgehead atoms. The molecule has 0 radical (unpaired) electrons. The summed E-state index contributed by atoms with van der Waals surface area (Å²) in [6, 6.07) is 0. The van der Waals surface area contributed by atoms with E-state index in [0.29, 0.717) is 12.8 Å². The fourth-order valence-electron chi connectivity index (χ4n) is 6.43. The molecule has 0 saturated carbocycles. The molecule has 0 spiro atoms. The molecule has 0 aliphatic heterocycles. The number of aliphatic hydroxyl groups is 2. The molecule has 0 aromatic heterocycles. The average molecular weight is 943 g/mol. The molecule has 9 N–H and O–H groups in total. The third-order valence-electron chi connectivity index (χ3n) is 9.89. The Hall–Kier alpha value is -3.43. The number of aliphatic hydroxyl groups excluding tert-OH is 1. The van der Waals surface area contributed by atoms with Crippen molar-refractivity contribution in [3.8, 4) is 0 Å². The molecule has 4 atom stereocenters. The van der Waals surface area contributed by atoms with Crippen LogP contribution in [0.2, 0.25) is 0 Å². The van der Waals surface area contributed by atoms with E-state index in [1.54, 1.807) is 0 Å². The third kappa shape index (κ3) is 34.9. The number of nitrogens with zero attached hydrogens (tertiary/aromatic N) is 1. The van der Waals surface area contributed by atoms with Gasteiger partial charge >= 0.3 is 43.7 Å². The Balaban J connectivity index is 5.72. The van der Waals surface area contributed by atoms with E-state index in [1.165, 1.54) is 70.6 Å². The van der Waals surface area contributed by atoms with Crippen molar-refractivity contribution in [2.75, 3.05) is 39.4 Å². The lowest BCUT2D eigenvalue weighted by Gasteiger charge is -2.33. The number of carboxylic acid groups (broad SMARTS) is 3. The number of rotatable bonds is 44. The average Bonchev–Trinajstić information content (AvgIpc) is 3.23. The number of hydrogen-bond donors (Lipinski definition) is 9. The van der Waals surface area contributed by atoms with Crippen LogP contribution in [0.1, 0.15) is 168 Å². The first kappa shape index (κ1) is 60.6. The minimum Gasteiger partial charge on any atom is -0.480 e. The van der Waals surface area contributed by atoms with E-state index in [-0.39, 0.29) is 17.5 Å². The van der Waals surface area contributed by atoms with Crippen molar-refractivity contribution in [1.82, 2.24) is 20.6 Å². The summed E-state index contributed by atoms with van der Waals surface area (Å²) in [7, 11) is -5.69. The van der Waals surface area contributed by atoms with Gasteiger partial charge in [-0.2, -0.15) is 0 Å². The van der Waals surface area contributed by atoms with Crippen molar-refractivity contribution in [3.05, 3.63) is 0 Å². The van der Waals surface area contributed by atoms with Crippen molar-refractivity contribution in [2.45, 2.75) is 193 Å². The van der Waals surface area contributed by atoms with Gasteiger partial charge in [-0.3, -0.25) is 44.4 Å². The summed E-state index contributed by atoms with van der Waals surface area (Å²) in [5.74, 6) is -6.08. The van der Waals surface area contributed by atoms with Gasteiger partial charge < -0.3 is 44.6 Å². The molecule has 0 aromatic carbocycles. The van der Waals surface area contributed by atoms with E-state index in [1.807, 2.05) is 0 Å². The van der Waals surface area contributed by atoms with Crippen LogP contribution in [-0.2, 0) is 47.3 Å². The lowest BCUT2D eigenvalue weighted by Crippen LogP contribution is -2.59. The summed E-state index contributed by atoms with van der Waals surface area (Å²) in [4.78, 5) is 84.1. The van der Waals surface area contributed by atoms with Crippen LogP contribution in [0.3, 0.4) is 0 Å². The minimum absolute atomic E-state index is 0.00211. The van der Waals surface area contributed by atoms with Crippen LogP contribution in [0.25, 0.3) is 0 Å². The summed E-state index contributed by atoms with van der Waals surface area (Å²) >= 11 is 0. The third-order valence-corrected chi connectivity index (χ3v) is 11.3. The monoisotopic (exact) mass is 943 g/mol. The fraction of sp³-hybridized carbons (Fsp3) is 0.857. The normalized spacial score (nSPS) is 13.7. The van der Waals surface area contributed by atoms with Gasteiger partial charge in [-0.1, -0.05) is 142 Å². The number of nitrogens with one attached hydrogen (secondary N) is 3. The molecule has 64 heavy (non-hydrogen) atoms. The number of amides is 1. The highest BCUT2D eigenvalue weighted by Crippen LogP contribution is 2.48. The first-order valence-corrected chi connectivity index (χ1v) is 24.6. The van der Waals surface area contributed by atoms with E-state index in [0.717, 1.165) is 57.8 Å². The molecule has 1 amide bonds. The van der Waals surface area contributed by atoms with Gasteiger partial charge in [0.2, 0.25) is 0 Å². The van der Waals surface area contributed by atoms with Crippen molar-refractivity contribution in [1.29, 1.82) is 0 Å². The fourth-order valence-corrected chi connectivity index (χ4v) is 7.60. The van der Waals surface area contributed by atoms with Crippen LogP contribution in [0.4, 0.5) is 4.79 Å². The number of hydrogen-bond acceptors (Lipinski definition) is 16. The molecule has 22 heteroatoms. The van der Waals surface area contributed by atoms with Crippen molar-refractivity contribution in [2.24, 2.45) is 0 Å². The Kier molecular flexibility index (Phi) is 36.7. The molecule has 0 fully saturated rings. The number of aliphatic carboxylic acids is 3. The lowest BCUT2D eigenvalue weighted by molar-refractivity contribution is -0.161. The van der Waals surface area contributed by atoms with E-state index in [4.69, 9.17) is 23.8 Å². The van der Waals surface area contributed by atoms with E-state index in [9.17, 15) is 58.7 Å². The highest BCUT2D eigenvalue weighted by atomic mass is 31.2. The molecular weight excluding hydrogens is 863 g/mol. The van der Waals surface area contributed by atoms with Crippen LogP contribution in [-0.4, -0.2) is 135 Å². The van der Waals surface area contributed by atoms with Crippen molar-refractivity contribution in [3.63, 3.8) is 0 Å². The maximum Gasteiger partial charge on any atom is 0.439 e. The Morgan fingerprint density at radius 3 is 1.42 bits per heavy atom. The molecule has 374 valence electrons. The minimum atomic E-state index is -5.69. The molecule has 0 saturated heterocycles. The summed E-state index contributed by atoms with van der Waals surface area (Å²) < 4.78 is 34.4. The van der Waals surface area contributed by atoms with Gasteiger partial charge in [-0.05, 0) is 12.8 Å². The van der Waals surface area contributed by atoms with Crippen LogP contribution in [0.15, 0.2) is 0 Å². The van der Waals surface area contributed by atoms with E-state index < -0.39 is 108 Å². The molecule has 0 aromatic rings. The Morgan fingerprint density at radius 1 is 0.562 bits per heavy atom. The second kappa shape index (κ2) is 38.8. The largest absolute Gasteiger partial charge is 0.480 e. The van der Waals surface area contributed by atoms with Gasteiger partial charge in [0.1, 0.15) is 26.0 Å². The van der Waals surface area contributed by atoms with Gasteiger partial charge in [0.15, 0.2) is 12.4 Å². The predicted octanol–water partition coefficient (Wildman–Crippen LogP) is 5.38. The smallest absolute Gasteiger partial charge is 0.439 e. The van der Waals surface area contributed by atoms with E-state index >= 15 is 0 Å². The zero-order valence-electron chi connectivity index (χ0n) is 38.1. The summed E-state index contributed by atoms with van der Waals surface area (Å²) in [6.45, 7) is -1.11. The molecule has 21 nitrogen and oxygen atoms in total. The van der Waals surface area contributed by atoms with Gasteiger partial charge in [-0.15, -0.1) is 0 Å². The zero-order chi connectivity index (χ0) is 48.0. The molecule has 0 rings (SSSR count). The van der Waals surface area contributed by atoms with Crippen LogP contribution >= 0.6 is 7.75 Å². The van der Waals surface area contributed by atoms with Gasteiger partial charge in [0, 0.05) is 19.4 Å². The summed E-state index contributed by atoms with van der Waals surface area (Å²) in [6.07, 6.45) is 14.6. The Labute approximate surface area is 378 Å². The maximum absolute atomic E-state index is 13.6. The standard InChI is InChI=1S/C42H79N4O17P/c1-3-5-7-9-11-13-15-17-19-21-23-25-38(55)60-31-33(62-39(56)26-24-22-20-18-16-14-12-10-8-6-4-2)32-61-42(57)46(30-37(53)54)64(58,59)63-41(45-29-36(51)52)40(43-27-34(47)48)44-28-35(49)50/h33-34,40-41,43-45,47-48H,3-32H2,1-2H3,(H,49,50)(H,51,52)(H,53,54)(H,58,59). The predicted molar refractivity (Wildman–Crippen MR) is 235 cm³/mol. The summed E-state index contributed by atoms with van der Waals surface area (Å²) in [5, 5.41) is 53.3. The highest BCUT2D eigenvalue weighted by Gasteiger charge is 2.42. The number of carboxylic acids is 3. The molecular formula is C42H79N4O17P. The Bertz CT molecular complexity index is 1340. The molecule has 4 unspecified atom stereocenters. The lowest BCUT2D eigenvalue weighted by atomic mass is 10.1. The number of unbranched alkanes of at least 4 members (excludes halogenated alkanes) is 20. The highest BCUT2D eigenvalue weighted by molar-refractivity contribution is 7.51. The second-order valence-electron chi connectivity index (χ2n) is 15.8. The first-order valence-electron chi connectivity index (χ1n) is 23.0. The van der Waals surface area contributed by atoms with Gasteiger partial charge in [0.05, 0.1) is 19.3 Å². The number of esters is 2. The van der Waals surface area contributed by atoms with Crippen LogP contribution < -0.4 is 16.0 Å². The quantitative estimate of drug-likeness (QED) is 0.0122. The molecule has 0 aliphatic rings. The van der Waals surface area contributed by atoms with Gasteiger partial charge in [0.25, 0.3) is 0 Å². The topological polar surface area (TPSA) is 317 Å². The van der Waals surface area contributed by atoms with E-state index in [2.05, 4.69) is 29.8 Å². The van der Waals surface area contributed by atoms with Gasteiger partial charge in [-0.25, -0.2) is 14.0 Å². The van der Waals surface area contributed by atoms with Crippen molar-refractivity contribution >= 4 is 43.7 Å². The second-order valence-corrected chi connectivity index (χ2v) is 17.5. The number of carbonyl (C=O) groups is 6. The van der Waals surface area contributed by atoms with Crippen LogP contribution in [0.5, 0.6) is 0 Å². The first-order chi connectivity index (χ1) is 30.5. The number of carbonyl (C=O) groups excluding carboxylic acids is 3.